The predicted molar refractivity (Wildman–Crippen MR) is 123 cm³/mol. The SMILES string of the molecule is COC(=O)c1cc2cccc(O[C@@H]3CCCN(C(=O)OC(C)(C)C)C3)c2cc1OC(C)C. The van der Waals surface area contributed by atoms with Crippen molar-refractivity contribution in [2.45, 2.75) is 65.3 Å². The standard InChI is InChI=1S/C25H33NO6/c1-16(2)30-22-14-19-17(13-20(22)23(27)29-6)9-7-11-21(19)31-18-10-8-12-26(15-18)24(28)32-25(3,4)5/h7,9,11,13-14,16,18H,8,10,12,15H2,1-6H3/t18-/m1/s1. The van der Waals surface area contributed by atoms with Gasteiger partial charge in [0.05, 0.1) is 19.8 Å². The number of rotatable bonds is 5. The minimum Gasteiger partial charge on any atom is -0.490 e. The van der Waals surface area contributed by atoms with Crippen molar-refractivity contribution in [3.63, 3.8) is 0 Å². The van der Waals surface area contributed by atoms with E-state index in [-0.39, 0.29) is 18.3 Å². The van der Waals surface area contributed by atoms with Crippen molar-refractivity contribution >= 4 is 22.8 Å². The van der Waals surface area contributed by atoms with Crippen molar-refractivity contribution in [2.24, 2.45) is 0 Å². The fraction of sp³-hybridized carbons (Fsp3) is 0.520. The van der Waals surface area contributed by atoms with Crippen molar-refractivity contribution < 1.29 is 28.5 Å². The van der Waals surface area contributed by atoms with Crippen LogP contribution >= 0.6 is 0 Å². The summed E-state index contributed by atoms with van der Waals surface area (Å²) in [6.45, 7) is 10.5. The van der Waals surface area contributed by atoms with E-state index in [4.69, 9.17) is 18.9 Å². The molecule has 0 unspecified atom stereocenters. The topological polar surface area (TPSA) is 74.3 Å². The Bertz CT molecular complexity index is 978. The Morgan fingerprint density at radius 1 is 1.12 bits per heavy atom. The predicted octanol–water partition coefficient (Wildman–Crippen LogP) is 5.19. The molecular formula is C25H33NO6. The van der Waals surface area contributed by atoms with Crippen molar-refractivity contribution in [2.75, 3.05) is 20.2 Å². The van der Waals surface area contributed by atoms with Crippen LogP contribution in [0.15, 0.2) is 30.3 Å². The van der Waals surface area contributed by atoms with E-state index in [0.29, 0.717) is 30.2 Å². The van der Waals surface area contributed by atoms with E-state index in [1.807, 2.05) is 58.9 Å². The van der Waals surface area contributed by atoms with Gasteiger partial charge in [-0.1, -0.05) is 12.1 Å². The molecule has 2 aromatic rings. The first-order valence-corrected chi connectivity index (χ1v) is 11.0. The Morgan fingerprint density at radius 3 is 2.53 bits per heavy atom. The van der Waals surface area contributed by atoms with Gasteiger partial charge >= 0.3 is 12.1 Å². The third-order valence-corrected chi connectivity index (χ3v) is 5.03. The summed E-state index contributed by atoms with van der Waals surface area (Å²) in [4.78, 5) is 26.5. The fourth-order valence-electron chi connectivity index (χ4n) is 3.71. The molecule has 1 amide bonds. The van der Waals surface area contributed by atoms with Crippen LogP contribution in [0, 0.1) is 0 Å². The van der Waals surface area contributed by atoms with Gasteiger partial charge in [-0.15, -0.1) is 0 Å². The maximum absolute atomic E-state index is 12.5. The van der Waals surface area contributed by atoms with Gasteiger partial charge in [0.1, 0.15) is 28.8 Å². The molecule has 1 aliphatic rings. The van der Waals surface area contributed by atoms with Crippen LogP contribution in [0.3, 0.4) is 0 Å². The first-order chi connectivity index (χ1) is 15.1. The quantitative estimate of drug-likeness (QED) is 0.592. The highest BCUT2D eigenvalue weighted by molar-refractivity contribution is 6.00. The van der Waals surface area contributed by atoms with Crippen LogP contribution in [0.2, 0.25) is 0 Å². The molecule has 1 saturated heterocycles. The Balaban J connectivity index is 1.87. The third kappa shape index (κ3) is 5.84. The Labute approximate surface area is 189 Å². The van der Waals surface area contributed by atoms with Gasteiger partial charge in [0, 0.05) is 11.9 Å². The molecule has 2 aromatic carbocycles. The summed E-state index contributed by atoms with van der Waals surface area (Å²) >= 11 is 0. The molecule has 0 N–H and O–H groups in total. The van der Waals surface area contributed by atoms with Crippen LogP contribution in [0.4, 0.5) is 4.79 Å². The third-order valence-electron chi connectivity index (χ3n) is 5.03. The van der Waals surface area contributed by atoms with Gasteiger partial charge in [0.25, 0.3) is 0 Å². The van der Waals surface area contributed by atoms with E-state index in [1.54, 1.807) is 11.0 Å². The molecule has 1 fully saturated rings. The van der Waals surface area contributed by atoms with E-state index < -0.39 is 11.6 Å². The van der Waals surface area contributed by atoms with Crippen molar-refractivity contribution in [3.8, 4) is 11.5 Å². The zero-order valence-electron chi connectivity index (χ0n) is 19.8. The van der Waals surface area contributed by atoms with E-state index in [2.05, 4.69) is 0 Å². The van der Waals surface area contributed by atoms with Crippen LogP contribution in [-0.2, 0) is 9.47 Å². The minimum atomic E-state index is -0.537. The summed E-state index contributed by atoms with van der Waals surface area (Å²) in [6.07, 6.45) is 1.09. The Hall–Kier alpha value is -2.96. The number of nitrogens with zero attached hydrogens (tertiary/aromatic N) is 1. The monoisotopic (exact) mass is 443 g/mol. The molecule has 0 radical (unpaired) electrons. The normalized spacial score (nSPS) is 16.7. The highest BCUT2D eigenvalue weighted by Gasteiger charge is 2.29. The molecule has 0 spiro atoms. The van der Waals surface area contributed by atoms with Gasteiger partial charge in [0.15, 0.2) is 0 Å². The molecule has 1 aliphatic heterocycles. The average Bonchev–Trinajstić information content (AvgIpc) is 2.72. The largest absolute Gasteiger partial charge is 0.490 e. The second-order valence-corrected chi connectivity index (χ2v) is 9.29. The van der Waals surface area contributed by atoms with Crippen LogP contribution in [-0.4, -0.2) is 55.0 Å². The van der Waals surface area contributed by atoms with Gasteiger partial charge < -0.3 is 23.8 Å². The number of piperidine rings is 1. The first-order valence-electron chi connectivity index (χ1n) is 11.0. The fourth-order valence-corrected chi connectivity index (χ4v) is 3.71. The number of fused-ring (bicyclic) bond motifs is 1. The molecule has 0 aromatic heterocycles. The smallest absolute Gasteiger partial charge is 0.410 e. The average molecular weight is 444 g/mol. The molecule has 0 aliphatic carbocycles. The van der Waals surface area contributed by atoms with Gasteiger partial charge in [0.2, 0.25) is 0 Å². The summed E-state index contributed by atoms with van der Waals surface area (Å²) in [5.41, 5.74) is -0.162. The highest BCUT2D eigenvalue weighted by Crippen LogP contribution is 2.34. The van der Waals surface area contributed by atoms with E-state index in [1.165, 1.54) is 7.11 Å². The molecule has 7 nitrogen and oxygen atoms in total. The maximum atomic E-state index is 12.5. The number of benzene rings is 2. The van der Waals surface area contributed by atoms with Crippen LogP contribution in [0.25, 0.3) is 10.8 Å². The second-order valence-electron chi connectivity index (χ2n) is 9.29. The lowest BCUT2D eigenvalue weighted by Crippen LogP contribution is -2.46. The summed E-state index contributed by atoms with van der Waals surface area (Å²) in [7, 11) is 1.35. The summed E-state index contributed by atoms with van der Waals surface area (Å²) in [5.74, 6) is 0.687. The van der Waals surface area contributed by atoms with Gasteiger partial charge in [-0.3, -0.25) is 0 Å². The summed E-state index contributed by atoms with van der Waals surface area (Å²) in [6, 6.07) is 9.29. The zero-order valence-corrected chi connectivity index (χ0v) is 19.8. The number of ether oxygens (including phenoxy) is 4. The molecule has 0 bridgehead atoms. The number of hydrogen-bond acceptors (Lipinski definition) is 6. The lowest BCUT2D eigenvalue weighted by Gasteiger charge is -2.34. The van der Waals surface area contributed by atoms with Crippen LogP contribution in [0.5, 0.6) is 11.5 Å². The molecule has 1 atom stereocenters. The number of esters is 1. The number of hydrogen-bond donors (Lipinski definition) is 0. The first kappa shape index (κ1) is 23.7. The van der Waals surface area contributed by atoms with Gasteiger partial charge in [-0.05, 0) is 71.0 Å². The van der Waals surface area contributed by atoms with Crippen molar-refractivity contribution in [1.82, 2.24) is 4.90 Å². The van der Waals surface area contributed by atoms with E-state index in [9.17, 15) is 9.59 Å². The minimum absolute atomic E-state index is 0.107. The number of carbonyl (C=O) groups excluding carboxylic acids is 2. The molecular weight excluding hydrogens is 410 g/mol. The number of likely N-dealkylation sites (tertiary alicyclic amines) is 1. The second kappa shape index (κ2) is 9.67. The lowest BCUT2D eigenvalue weighted by atomic mass is 10.0. The van der Waals surface area contributed by atoms with E-state index in [0.717, 1.165) is 23.6 Å². The number of amides is 1. The van der Waals surface area contributed by atoms with Gasteiger partial charge in [-0.2, -0.15) is 0 Å². The number of carbonyl (C=O) groups is 2. The molecule has 3 rings (SSSR count). The van der Waals surface area contributed by atoms with Gasteiger partial charge in [-0.25, -0.2) is 9.59 Å². The van der Waals surface area contributed by atoms with Crippen LogP contribution < -0.4 is 9.47 Å². The molecule has 32 heavy (non-hydrogen) atoms. The summed E-state index contributed by atoms with van der Waals surface area (Å²) in [5, 5.41) is 1.68. The number of methoxy groups -OCH3 is 1. The Morgan fingerprint density at radius 2 is 1.88 bits per heavy atom. The van der Waals surface area contributed by atoms with Crippen LogP contribution in [0.1, 0.15) is 57.8 Å². The zero-order chi connectivity index (χ0) is 23.5. The maximum Gasteiger partial charge on any atom is 0.410 e. The molecule has 0 saturated carbocycles. The molecule has 1 heterocycles. The lowest BCUT2D eigenvalue weighted by molar-refractivity contribution is 0.00793. The molecule has 7 heteroatoms. The Kier molecular flexibility index (Phi) is 7.16. The highest BCUT2D eigenvalue weighted by atomic mass is 16.6. The van der Waals surface area contributed by atoms with Crippen molar-refractivity contribution in [1.29, 1.82) is 0 Å². The van der Waals surface area contributed by atoms with Crippen molar-refractivity contribution in [3.05, 3.63) is 35.9 Å². The van der Waals surface area contributed by atoms with E-state index >= 15 is 0 Å². The summed E-state index contributed by atoms with van der Waals surface area (Å²) < 4.78 is 22.7. The molecule has 174 valence electrons.